The number of rotatable bonds is 9. The van der Waals surface area contributed by atoms with Gasteiger partial charge in [0, 0.05) is 13.6 Å². The van der Waals surface area contributed by atoms with Crippen molar-refractivity contribution >= 4 is 23.9 Å². The van der Waals surface area contributed by atoms with Crippen LogP contribution in [-0.4, -0.2) is 60.6 Å². The maximum atomic E-state index is 13.2. The van der Waals surface area contributed by atoms with Crippen molar-refractivity contribution in [1.82, 2.24) is 15.5 Å². The zero-order valence-electron chi connectivity index (χ0n) is 20.9. The Kier molecular flexibility index (Phi) is 10.3. The number of amides is 3. The van der Waals surface area contributed by atoms with Gasteiger partial charge in [0.2, 0.25) is 11.8 Å². The van der Waals surface area contributed by atoms with Gasteiger partial charge in [-0.15, -0.1) is 0 Å². The molecule has 0 aliphatic heterocycles. The molecule has 3 amide bonds. The van der Waals surface area contributed by atoms with Crippen molar-refractivity contribution < 1.29 is 28.7 Å². The van der Waals surface area contributed by atoms with E-state index in [4.69, 9.17) is 9.47 Å². The Labute approximate surface area is 196 Å². The molecule has 184 valence electrons. The molecular formula is C24H37N3O6. The maximum Gasteiger partial charge on any atom is 0.408 e. The van der Waals surface area contributed by atoms with Crippen LogP contribution in [0.2, 0.25) is 0 Å². The first-order valence-electron chi connectivity index (χ1n) is 11.0. The van der Waals surface area contributed by atoms with Gasteiger partial charge < -0.3 is 25.0 Å². The van der Waals surface area contributed by atoms with E-state index in [0.717, 1.165) is 11.1 Å². The summed E-state index contributed by atoms with van der Waals surface area (Å²) in [5.74, 6) is -1.32. The average molecular weight is 464 g/mol. The molecule has 0 radical (unpaired) electrons. The minimum Gasteiger partial charge on any atom is -0.466 e. The molecule has 9 heteroatoms. The average Bonchev–Trinajstić information content (AvgIpc) is 2.68. The van der Waals surface area contributed by atoms with Gasteiger partial charge in [0.1, 0.15) is 17.7 Å². The standard InChI is InChI=1S/C24H37N3O6/c1-9-32-19(28)12-13-25-21(29)20(18-14-15(2)10-11-16(18)3)27(8)22(30)17(4)26-23(31)33-24(5,6)7/h10-11,14,17,20H,9,12-13H2,1-8H3,(H,25,29)(H,26,31). The number of nitrogens with one attached hydrogen (secondary N) is 2. The molecule has 0 saturated heterocycles. The predicted octanol–water partition coefficient (Wildman–Crippen LogP) is 2.79. The van der Waals surface area contributed by atoms with Gasteiger partial charge >= 0.3 is 12.1 Å². The Bertz CT molecular complexity index is 862. The summed E-state index contributed by atoms with van der Waals surface area (Å²) in [5, 5.41) is 5.23. The van der Waals surface area contributed by atoms with Gasteiger partial charge in [-0.3, -0.25) is 14.4 Å². The molecule has 0 bridgehead atoms. The monoisotopic (exact) mass is 463 g/mol. The first-order valence-corrected chi connectivity index (χ1v) is 11.0. The summed E-state index contributed by atoms with van der Waals surface area (Å²) in [6, 6.07) is 3.76. The summed E-state index contributed by atoms with van der Waals surface area (Å²) in [5.41, 5.74) is 1.71. The van der Waals surface area contributed by atoms with Crippen molar-refractivity contribution in [2.75, 3.05) is 20.2 Å². The normalized spacial score (nSPS) is 12.8. The molecule has 2 unspecified atom stereocenters. The smallest absolute Gasteiger partial charge is 0.408 e. The number of hydrogen-bond acceptors (Lipinski definition) is 6. The Hall–Kier alpha value is -3.10. The van der Waals surface area contributed by atoms with Crippen molar-refractivity contribution in [2.45, 2.75) is 72.6 Å². The third-order valence-electron chi connectivity index (χ3n) is 4.75. The molecule has 0 spiro atoms. The highest BCUT2D eigenvalue weighted by atomic mass is 16.6. The first-order chi connectivity index (χ1) is 15.3. The van der Waals surface area contributed by atoms with E-state index in [2.05, 4.69) is 10.6 Å². The van der Waals surface area contributed by atoms with Gasteiger partial charge in [0.05, 0.1) is 13.0 Å². The SMILES string of the molecule is CCOC(=O)CCNC(=O)C(c1cc(C)ccc1C)N(C)C(=O)C(C)NC(=O)OC(C)(C)C. The van der Waals surface area contributed by atoms with Crippen LogP contribution in [0.15, 0.2) is 18.2 Å². The molecule has 0 fully saturated rings. The van der Waals surface area contributed by atoms with E-state index in [-0.39, 0.29) is 19.6 Å². The Morgan fingerprint density at radius 2 is 1.76 bits per heavy atom. The number of aryl methyl sites for hydroxylation is 2. The highest BCUT2D eigenvalue weighted by molar-refractivity contribution is 5.92. The van der Waals surface area contributed by atoms with Crippen LogP contribution in [0.1, 0.15) is 63.8 Å². The largest absolute Gasteiger partial charge is 0.466 e. The fraction of sp³-hybridized carbons (Fsp3) is 0.583. The van der Waals surface area contributed by atoms with Crippen molar-refractivity contribution in [3.05, 3.63) is 34.9 Å². The molecule has 0 aliphatic carbocycles. The molecule has 1 aromatic rings. The predicted molar refractivity (Wildman–Crippen MR) is 125 cm³/mol. The van der Waals surface area contributed by atoms with Crippen molar-refractivity contribution in [2.24, 2.45) is 0 Å². The number of alkyl carbamates (subject to hydrolysis) is 1. The quantitative estimate of drug-likeness (QED) is 0.545. The highest BCUT2D eigenvalue weighted by Gasteiger charge is 2.33. The van der Waals surface area contributed by atoms with E-state index in [1.54, 1.807) is 27.7 Å². The lowest BCUT2D eigenvalue weighted by molar-refractivity contribution is -0.143. The molecule has 0 heterocycles. The number of ether oxygens (including phenoxy) is 2. The number of esters is 1. The lowest BCUT2D eigenvalue weighted by Gasteiger charge is -2.31. The van der Waals surface area contributed by atoms with Gasteiger partial charge in [0.25, 0.3) is 0 Å². The van der Waals surface area contributed by atoms with E-state index in [1.807, 2.05) is 32.0 Å². The van der Waals surface area contributed by atoms with Crippen molar-refractivity contribution in [3.8, 4) is 0 Å². The Morgan fingerprint density at radius 1 is 1.12 bits per heavy atom. The number of nitrogens with zero attached hydrogens (tertiary/aromatic N) is 1. The molecule has 9 nitrogen and oxygen atoms in total. The summed E-state index contributed by atoms with van der Waals surface area (Å²) in [7, 11) is 1.51. The van der Waals surface area contributed by atoms with Crippen LogP contribution in [0.25, 0.3) is 0 Å². The number of likely N-dealkylation sites (N-methyl/N-ethyl adjacent to an activating group) is 1. The number of carbonyl (C=O) groups excluding carboxylic acids is 4. The lowest BCUT2D eigenvalue weighted by Crippen LogP contribution is -2.50. The van der Waals surface area contributed by atoms with E-state index < -0.39 is 41.6 Å². The zero-order valence-corrected chi connectivity index (χ0v) is 20.9. The lowest BCUT2D eigenvalue weighted by atomic mass is 9.96. The minimum atomic E-state index is -0.956. The molecule has 1 aromatic carbocycles. The van der Waals surface area contributed by atoms with Crippen LogP contribution < -0.4 is 10.6 Å². The second-order valence-corrected chi connectivity index (χ2v) is 8.93. The van der Waals surface area contributed by atoms with E-state index in [0.29, 0.717) is 5.56 Å². The van der Waals surface area contributed by atoms with Crippen LogP contribution in [-0.2, 0) is 23.9 Å². The molecule has 2 atom stereocenters. The van der Waals surface area contributed by atoms with Crippen LogP contribution in [0.4, 0.5) is 4.79 Å². The second-order valence-electron chi connectivity index (χ2n) is 8.93. The first kappa shape index (κ1) is 27.9. The summed E-state index contributed by atoms with van der Waals surface area (Å²) in [6.07, 6.45) is -0.702. The summed E-state index contributed by atoms with van der Waals surface area (Å²) < 4.78 is 10.1. The highest BCUT2D eigenvalue weighted by Crippen LogP contribution is 2.25. The topological polar surface area (TPSA) is 114 Å². The summed E-state index contributed by atoms with van der Waals surface area (Å²) >= 11 is 0. The van der Waals surface area contributed by atoms with Gasteiger partial charge in [-0.25, -0.2) is 4.79 Å². The Morgan fingerprint density at radius 3 is 2.33 bits per heavy atom. The van der Waals surface area contributed by atoms with E-state index in [1.165, 1.54) is 18.9 Å². The Balaban J connectivity index is 3.08. The summed E-state index contributed by atoms with van der Waals surface area (Å²) in [6.45, 7) is 12.5. The van der Waals surface area contributed by atoms with E-state index >= 15 is 0 Å². The van der Waals surface area contributed by atoms with Crippen LogP contribution in [0.3, 0.4) is 0 Å². The molecule has 33 heavy (non-hydrogen) atoms. The van der Waals surface area contributed by atoms with Crippen LogP contribution in [0.5, 0.6) is 0 Å². The van der Waals surface area contributed by atoms with Gasteiger partial charge in [-0.1, -0.05) is 23.8 Å². The maximum absolute atomic E-state index is 13.2. The van der Waals surface area contributed by atoms with Crippen LogP contribution in [0, 0.1) is 13.8 Å². The third kappa shape index (κ3) is 9.11. The van der Waals surface area contributed by atoms with Gasteiger partial charge in [-0.2, -0.15) is 0 Å². The molecule has 0 saturated carbocycles. The van der Waals surface area contributed by atoms with Gasteiger partial charge in [0.15, 0.2) is 0 Å². The van der Waals surface area contributed by atoms with Gasteiger partial charge in [-0.05, 0) is 59.6 Å². The second kappa shape index (κ2) is 12.2. The van der Waals surface area contributed by atoms with Crippen molar-refractivity contribution in [1.29, 1.82) is 0 Å². The third-order valence-corrected chi connectivity index (χ3v) is 4.75. The number of benzene rings is 1. The fourth-order valence-electron chi connectivity index (χ4n) is 3.18. The fourth-order valence-corrected chi connectivity index (χ4v) is 3.18. The summed E-state index contributed by atoms with van der Waals surface area (Å²) in [4.78, 5) is 51.3. The minimum absolute atomic E-state index is 0.0212. The van der Waals surface area contributed by atoms with Crippen LogP contribution >= 0.6 is 0 Å². The molecule has 1 rings (SSSR count). The van der Waals surface area contributed by atoms with E-state index in [9.17, 15) is 19.2 Å². The molecule has 0 aromatic heterocycles. The molecular weight excluding hydrogens is 426 g/mol. The number of carbonyl (C=O) groups is 4. The molecule has 0 aliphatic rings. The molecule has 2 N–H and O–H groups in total. The van der Waals surface area contributed by atoms with Crippen molar-refractivity contribution in [3.63, 3.8) is 0 Å². The zero-order chi connectivity index (χ0) is 25.3. The number of hydrogen-bond donors (Lipinski definition) is 2.